The molecule has 108 valence electrons. The maximum atomic E-state index is 12.6. The van der Waals surface area contributed by atoms with Crippen LogP contribution in [0.25, 0.3) is 0 Å². The van der Waals surface area contributed by atoms with Crippen molar-refractivity contribution in [3.63, 3.8) is 0 Å². The van der Waals surface area contributed by atoms with E-state index in [0.717, 1.165) is 12.1 Å². The molecular formula is C13H18F3NOS. The van der Waals surface area contributed by atoms with E-state index in [1.54, 1.807) is 33.8 Å². The highest BCUT2D eigenvalue weighted by atomic mass is 32.2. The minimum atomic E-state index is -4.36. The molecule has 1 aromatic carbocycles. The predicted molar refractivity (Wildman–Crippen MR) is 70.9 cm³/mol. The Balaban J connectivity index is 2.86. The molecule has 0 aromatic heterocycles. The van der Waals surface area contributed by atoms with E-state index < -0.39 is 33.9 Å². The molecule has 0 saturated heterocycles. The van der Waals surface area contributed by atoms with Gasteiger partial charge < -0.3 is 4.55 Å². The highest BCUT2D eigenvalue weighted by Gasteiger charge is 2.32. The molecular weight excluding hydrogens is 275 g/mol. The van der Waals surface area contributed by atoms with Gasteiger partial charge in [0.05, 0.1) is 11.6 Å². The lowest BCUT2D eigenvalue weighted by Gasteiger charge is -2.26. The van der Waals surface area contributed by atoms with Crippen LogP contribution in [0.2, 0.25) is 0 Å². The number of alkyl halides is 3. The Morgan fingerprint density at radius 1 is 1.21 bits per heavy atom. The van der Waals surface area contributed by atoms with Crippen LogP contribution in [-0.4, -0.2) is 9.30 Å². The molecule has 0 aliphatic carbocycles. The zero-order valence-electron chi connectivity index (χ0n) is 11.3. The van der Waals surface area contributed by atoms with Crippen LogP contribution in [0, 0.1) is 0 Å². The standard InChI is InChI=1S/C13H18F3NOS/c1-9(17-19(18)12(2,3)4)10-6-5-7-11(8-10)13(14,15)16/h5-9,17H,1-4H3/t9-,19+/m1/s1. The lowest BCUT2D eigenvalue weighted by atomic mass is 10.1. The van der Waals surface area contributed by atoms with Crippen molar-refractivity contribution >= 4 is 11.4 Å². The number of benzene rings is 1. The number of halogens is 3. The molecule has 0 radical (unpaired) electrons. The van der Waals surface area contributed by atoms with Crippen LogP contribution < -0.4 is 4.72 Å². The average molecular weight is 293 g/mol. The summed E-state index contributed by atoms with van der Waals surface area (Å²) in [6, 6.07) is 4.64. The molecule has 1 rings (SSSR count). The van der Waals surface area contributed by atoms with E-state index in [-0.39, 0.29) is 0 Å². The van der Waals surface area contributed by atoms with E-state index >= 15 is 0 Å². The molecule has 19 heavy (non-hydrogen) atoms. The third kappa shape index (κ3) is 4.71. The van der Waals surface area contributed by atoms with E-state index in [0.29, 0.717) is 5.56 Å². The first kappa shape index (κ1) is 16.3. The lowest BCUT2D eigenvalue weighted by Crippen LogP contribution is -2.40. The van der Waals surface area contributed by atoms with E-state index in [2.05, 4.69) is 4.72 Å². The van der Waals surface area contributed by atoms with Gasteiger partial charge in [0, 0.05) is 11.4 Å². The van der Waals surface area contributed by atoms with Crippen molar-refractivity contribution in [3.05, 3.63) is 35.4 Å². The van der Waals surface area contributed by atoms with Gasteiger partial charge in [-0.25, -0.2) is 0 Å². The molecule has 0 aliphatic heterocycles. The molecule has 0 bridgehead atoms. The van der Waals surface area contributed by atoms with Gasteiger partial charge in [0.1, 0.15) is 4.75 Å². The van der Waals surface area contributed by atoms with Gasteiger partial charge in [-0.3, -0.25) is 0 Å². The summed E-state index contributed by atoms with van der Waals surface area (Å²) < 4.78 is 52.1. The summed E-state index contributed by atoms with van der Waals surface area (Å²) in [5.41, 5.74) is -0.229. The molecule has 0 aliphatic rings. The SMILES string of the molecule is C[C@@H](N[S@@+]([O-])C(C)(C)C)c1cccc(C(F)(F)F)c1. The van der Waals surface area contributed by atoms with Crippen molar-refractivity contribution in [3.8, 4) is 0 Å². The molecule has 0 spiro atoms. The molecule has 1 N–H and O–H groups in total. The summed E-state index contributed by atoms with van der Waals surface area (Å²) in [6.07, 6.45) is -4.36. The topological polar surface area (TPSA) is 35.1 Å². The largest absolute Gasteiger partial charge is 0.598 e. The number of nitrogens with one attached hydrogen (secondary N) is 1. The van der Waals surface area contributed by atoms with Crippen molar-refractivity contribution in [2.45, 2.75) is 44.7 Å². The Labute approximate surface area is 114 Å². The summed E-state index contributed by atoms with van der Waals surface area (Å²) in [4.78, 5) is 0. The molecule has 1 aromatic rings. The second-order valence-electron chi connectivity index (χ2n) is 5.34. The fraction of sp³-hybridized carbons (Fsp3) is 0.538. The highest BCUT2D eigenvalue weighted by molar-refractivity contribution is 7.90. The van der Waals surface area contributed by atoms with Crippen molar-refractivity contribution in [1.82, 2.24) is 4.72 Å². The van der Waals surface area contributed by atoms with Crippen LogP contribution in [-0.2, 0) is 17.5 Å². The van der Waals surface area contributed by atoms with Crippen LogP contribution >= 0.6 is 0 Å². The number of rotatable bonds is 3. The third-order valence-electron chi connectivity index (χ3n) is 2.55. The Hall–Kier alpha value is -0.720. The normalized spacial score (nSPS) is 16.2. The van der Waals surface area contributed by atoms with Crippen LogP contribution in [0.4, 0.5) is 13.2 Å². The van der Waals surface area contributed by atoms with E-state index in [1.807, 2.05) is 0 Å². The zero-order valence-corrected chi connectivity index (χ0v) is 12.2. The van der Waals surface area contributed by atoms with Gasteiger partial charge in [-0.2, -0.15) is 13.2 Å². The van der Waals surface area contributed by atoms with Crippen molar-refractivity contribution in [1.29, 1.82) is 0 Å². The van der Waals surface area contributed by atoms with Crippen LogP contribution in [0.1, 0.15) is 44.9 Å². The maximum absolute atomic E-state index is 12.6. The third-order valence-corrected chi connectivity index (χ3v) is 4.23. The fourth-order valence-corrected chi connectivity index (χ4v) is 2.20. The molecule has 6 heteroatoms. The van der Waals surface area contributed by atoms with Gasteiger partial charge in [-0.15, -0.1) is 4.72 Å². The fourth-order valence-electron chi connectivity index (χ4n) is 1.39. The number of hydrogen-bond acceptors (Lipinski definition) is 2. The quantitative estimate of drug-likeness (QED) is 0.860. The Kier molecular flexibility index (Phi) is 4.92. The minimum Gasteiger partial charge on any atom is -0.598 e. The first-order valence-corrected chi connectivity index (χ1v) is 7.02. The smallest absolute Gasteiger partial charge is 0.416 e. The number of hydrogen-bond donors (Lipinski definition) is 1. The Morgan fingerprint density at radius 3 is 2.26 bits per heavy atom. The van der Waals surface area contributed by atoms with Crippen LogP contribution in [0.15, 0.2) is 24.3 Å². The van der Waals surface area contributed by atoms with Crippen LogP contribution in [0.5, 0.6) is 0 Å². The van der Waals surface area contributed by atoms with Crippen molar-refractivity contribution < 1.29 is 17.7 Å². The van der Waals surface area contributed by atoms with Crippen molar-refractivity contribution in [2.75, 3.05) is 0 Å². The molecule has 0 unspecified atom stereocenters. The molecule has 0 fully saturated rings. The van der Waals surface area contributed by atoms with Gasteiger partial charge in [0.2, 0.25) is 0 Å². The van der Waals surface area contributed by atoms with Gasteiger partial charge in [-0.05, 0) is 45.4 Å². The molecule has 0 saturated carbocycles. The van der Waals surface area contributed by atoms with Gasteiger partial charge in [0.25, 0.3) is 0 Å². The van der Waals surface area contributed by atoms with Crippen molar-refractivity contribution in [2.24, 2.45) is 0 Å². The Morgan fingerprint density at radius 2 is 1.79 bits per heavy atom. The minimum absolute atomic E-state index is 0.414. The molecule has 0 amide bonds. The maximum Gasteiger partial charge on any atom is 0.416 e. The zero-order chi connectivity index (χ0) is 14.8. The summed E-state index contributed by atoms with van der Waals surface area (Å²) in [5, 5.41) is 0. The first-order valence-electron chi connectivity index (χ1n) is 5.87. The second kappa shape index (κ2) is 5.73. The molecule has 0 heterocycles. The Bertz CT molecular complexity index is 429. The van der Waals surface area contributed by atoms with E-state index in [4.69, 9.17) is 0 Å². The monoisotopic (exact) mass is 293 g/mol. The second-order valence-corrected chi connectivity index (χ2v) is 7.34. The lowest BCUT2D eigenvalue weighted by molar-refractivity contribution is -0.137. The first-order chi connectivity index (χ1) is 8.51. The molecule has 2 nitrogen and oxygen atoms in total. The summed E-state index contributed by atoms with van der Waals surface area (Å²) in [7, 11) is 0. The van der Waals surface area contributed by atoms with Gasteiger partial charge >= 0.3 is 6.18 Å². The summed E-state index contributed by atoms with van der Waals surface area (Å²) in [6.45, 7) is 7.10. The van der Waals surface area contributed by atoms with Gasteiger partial charge in [-0.1, -0.05) is 12.1 Å². The summed E-state index contributed by atoms with van der Waals surface area (Å²) >= 11 is -1.33. The highest BCUT2D eigenvalue weighted by Crippen LogP contribution is 2.31. The predicted octanol–water partition coefficient (Wildman–Crippen LogP) is 3.82. The average Bonchev–Trinajstić information content (AvgIpc) is 2.26. The summed E-state index contributed by atoms with van der Waals surface area (Å²) in [5.74, 6) is 0. The van der Waals surface area contributed by atoms with Crippen LogP contribution in [0.3, 0.4) is 0 Å². The van der Waals surface area contributed by atoms with E-state index in [9.17, 15) is 17.7 Å². The van der Waals surface area contributed by atoms with Gasteiger partial charge in [0.15, 0.2) is 0 Å². The van der Waals surface area contributed by atoms with E-state index in [1.165, 1.54) is 6.07 Å². The molecule has 2 atom stereocenters.